The standard InChI is InChI=1S/C16H19NO4/c18-15(10-5-6-11(9-10)16(19)20)17-13-7-8-21-14-4-2-1-3-12(13)14/h1-4,10-11,13H,5-9H2,(H,17,18)(H,19,20)/t10-,11+,13?/m1/s1. The second-order valence-electron chi connectivity index (χ2n) is 5.78. The van der Waals surface area contributed by atoms with Crippen molar-refractivity contribution < 1.29 is 19.4 Å². The Balaban J connectivity index is 1.65. The average molecular weight is 289 g/mol. The number of hydrogen-bond acceptors (Lipinski definition) is 3. The number of carbonyl (C=O) groups is 2. The fourth-order valence-corrected chi connectivity index (χ4v) is 3.23. The van der Waals surface area contributed by atoms with Crippen LogP contribution in [-0.2, 0) is 9.59 Å². The average Bonchev–Trinajstić information content (AvgIpc) is 2.98. The molecule has 5 heteroatoms. The number of ether oxygens (including phenoxy) is 1. The molecule has 0 saturated heterocycles. The second kappa shape index (κ2) is 5.76. The number of carboxylic acid groups (broad SMARTS) is 1. The Bertz CT molecular complexity index is 557. The van der Waals surface area contributed by atoms with E-state index in [9.17, 15) is 9.59 Å². The van der Waals surface area contributed by atoms with Crippen LogP contribution in [0.15, 0.2) is 24.3 Å². The summed E-state index contributed by atoms with van der Waals surface area (Å²) in [4.78, 5) is 23.3. The SMILES string of the molecule is O=C(O)[C@H]1CC[C@@H](C(=O)NC2CCOc3ccccc32)C1. The van der Waals surface area contributed by atoms with Gasteiger partial charge in [0, 0.05) is 17.9 Å². The molecule has 3 atom stereocenters. The number of aliphatic carboxylic acids is 1. The van der Waals surface area contributed by atoms with Gasteiger partial charge in [0.1, 0.15) is 5.75 Å². The topological polar surface area (TPSA) is 75.6 Å². The van der Waals surface area contributed by atoms with Crippen LogP contribution in [0.4, 0.5) is 0 Å². The van der Waals surface area contributed by atoms with Crippen molar-refractivity contribution in [1.82, 2.24) is 5.32 Å². The molecule has 0 spiro atoms. The monoisotopic (exact) mass is 289 g/mol. The van der Waals surface area contributed by atoms with Crippen LogP contribution in [-0.4, -0.2) is 23.6 Å². The van der Waals surface area contributed by atoms with Gasteiger partial charge < -0.3 is 15.2 Å². The minimum Gasteiger partial charge on any atom is -0.493 e. The van der Waals surface area contributed by atoms with Gasteiger partial charge in [0.05, 0.1) is 18.6 Å². The molecule has 1 aliphatic carbocycles. The lowest BCUT2D eigenvalue weighted by Crippen LogP contribution is -2.35. The molecule has 1 saturated carbocycles. The summed E-state index contributed by atoms with van der Waals surface area (Å²) in [6.45, 7) is 0.588. The highest BCUT2D eigenvalue weighted by molar-refractivity contribution is 5.81. The number of amides is 1. The maximum absolute atomic E-state index is 12.3. The van der Waals surface area contributed by atoms with Crippen LogP contribution in [0, 0.1) is 11.8 Å². The summed E-state index contributed by atoms with van der Waals surface area (Å²) >= 11 is 0. The highest BCUT2D eigenvalue weighted by Gasteiger charge is 2.35. The molecule has 2 N–H and O–H groups in total. The Morgan fingerprint density at radius 1 is 1.14 bits per heavy atom. The summed E-state index contributed by atoms with van der Waals surface area (Å²) in [6, 6.07) is 7.68. The van der Waals surface area contributed by atoms with E-state index in [1.807, 2.05) is 24.3 Å². The molecular weight excluding hydrogens is 270 g/mol. The summed E-state index contributed by atoms with van der Waals surface area (Å²) in [6.07, 6.45) is 2.45. The fraction of sp³-hybridized carbons (Fsp3) is 0.500. The maximum atomic E-state index is 12.3. The van der Waals surface area contributed by atoms with Crippen molar-refractivity contribution in [2.45, 2.75) is 31.7 Å². The first-order valence-corrected chi connectivity index (χ1v) is 7.40. The lowest BCUT2D eigenvalue weighted by Gasteiger charge is -2.27. The van der Waals surface area contributed by atoms with E-state index in [0.717, 1.165) is 17.7 Å². The predicted molar refractivity (Wildman–Crippen MR) is 75.9 cm³/mol. The lowest BCUT2D eigenvalue weighted by molar-refractivity contribution is -0.141. The third-order valence-electron chi connectivity index (χ3n) is 4.43. The summed E-state index contributed by atoms with van der Waals surface area (Å²) in [7, 11) is 0. The van der Waals surface area contributed by atoms with E-state index < -0.39 is 5.97 Å². The van der Waals surface area contributed by atoms with Crippen molar-refractivity contribution in [3.8, 4) is 5.75 Å². The molecule has 5 nitrogen and oxygen atoms in total. The number of carbonyl (C=O) groups excluding carboxylic acids is 1. The van der Waals surface area contributed by atoms with Gasteiger partial charge in [-0.15, -0.1) is 0 Å². The number of para-hydroxylation sites is 1. The molecular formula is C16H19NO4. The van der Waals surface area contributed by atoms with E-state index in [1.165, 1.54) is 0 Å². The smallest absolute Gasteiger partial charge is 0.306 e. The number of rotatable bonds is 3. The van der Waals surface area contributed by atoms with Gasteiger partial charge in [0.25, 0.3) is 0 Å². The molecule has 1 aromatic carbocycles. The Morgan fingerprint density at radius 3 is 2.67 bits per heavy atom. The van der Waals surface area contributed by atoms with Gasteiger partial charge in [0.15, 0.2) is 0 Å². The minimum absolute atomic E-state index is 0.0274. The van der Waals surface area contributed by atoms with Crippen molar-refractivity contribution in [1.29, 1.82) is 0 Å². The van der Waals surface area contributed by atoms with E-state index in [1.54, 1.807) is 0 Å². The fourth-order valence-electron chi connectivity index (χ4n) is 3.23. The molecule has 21 heavy (non-hydrogen) atoms. The van der Waals surface area contributed by atoms with Crippen molar-refractivity contribution in [3.05, 3.63) is 29.8 Å². The molecule has 1 unspecified atom stereocenters. The largest absolute Gasteiger partial charge is 0.493 e. The number of benzene rings is 1. The van der Waals surface area contributed by atoms with Crippen LogP contribution in [0.1, 0.15) is 37.3 Å². The first-order chi connectivity index (χ1) is 10.1. The van der Waals surface area contributed by atoms with Gasteiger partial charge in [-0.05, 0) is 25.3 Å². The van der Waals surface area contributed by atoms with Gasteiger partial charge in [-0.25, -0.2) is 0 Å². The summed E-state index contributed by atoms with van der Waals surface area (Å²) in [5.41, 5.74) is 1.00. The molecule has 1 fully saturated rings. The predicted octanol–water partition coefficient (Wildman–Crippen LogP) is 2.13. The van der Waals surface area contributed by atoms with Gasteiger partial charge >= 0.3 is 5.97 Å². The van der Waals surface area contributed by atoms with Crippen molar-refractivity contribution in [3.63, 3.8) is 0 Å². The molecule has 1 aliphatic heterocycles. The Labute approximate surface area is 123 Å². The first kappa shape index (κ1) is 13.9. The van der Waals surface area contributed by atoms with Crippen LogP contribution in [0.2, 0.25) is 0 Å². The van der Waals surface area contributed by atoms with Crippen LogP contribution >= 0.6 is 0 Å². The Kier molecular flexibility index (Phi) is 3.82. The van der Waals surface area contributed by atoms with Gasteiger partial charge in [-0.1, -0.05) is 18.2 Å². The molecule has 1 aromatic rings. The molecule has 112 valence electrons. The maximum Gasteiger partial charge on any atom is 0.306 e. The number of fused-ring (bicyclic) bond motifs is 1. The molecule has 0 aromatic heterocycles. The van der Waals surface area contributed by atoms with Gasteiger partial charge in [0.2, 0.25) is 5.91 Å². The zero-order valence-corrected chi connectivity index (χ0v) is 11.7. The number of carboxylic acids is 1. The third-order valence-corrected chi connectivity index (χ3v) is 4.43. The van der Waals surface area contributed by atoms with E-state index >= 15 is 0 Å². The van der Waals surface area contributed by atoms with Crippen molar-refractivity contribution in [2.24, 2.45) is 11.8 Å². The van der Waals surface area contributed by atoms with Crippen LogP contribution < -0.4 is 10.1 Å². The number of nitrogens with one attached hydrogen (secondary N) is 1. The lowest BCUT2D eigenvalue weighted by atomic mass is 9.98. The van der Waals surface area contributed by atoms with E-state index in [-0.39, 0.29) is 23.8 Å². The normalized spacial score (nSPS) is 27.5. The summed E-state index contributed by atoms with van der Waals surface area (Å²) < 4.78 is 5.58. The van der Waals surface area contributed by atoms with Crippen LogP contribution in [0.5, 0.6) is 5.75 Å². The number of hydrogen-bond donors (Lipinski definition) is 2. The second-order valence-corrected chi connectivity index (χ2v) is 5.78. The van der Waals surface area contributed by atoms with Gasteiger partial charge in [-0.2, -0.15) is 0 Å². The van der Waals surface area contributed by atoms with Crippen LogP contribution in [0.25, 0.3) is 0 Å². The van der Waals surface area contributed by atoms with E-state index in [4.69, 9.17) is 9.84 Å². The van der Waals surface area contributed by atoms with E-state index in [0.29, 0.717) is 25.9 Å². The minimum atomic E-state index is -0.790. The summed E-state index contributed by atoms with van der Waals surface area (Å²) in [5.74, 6) is -0.546. The third kappa shape index (κ3) is 2.86. The quantitative estimate of drug-likeness (QED) is 0.893. The molecule has 1 amide bonds. The summed E-state index contributed by atoms with van der Waals surface area (Å²) in [5, 5.41) is 12.1. The molecule has 0 bridgehead atoms. The van der Waals surface area contributed by atoms with E-state index in [2.05, 4.69) is 5.32 Å². The van der Waals surface area contributed by atoms with Gasteiger partial charge in [-0.3, -0.25) is 9.59 Å². The highest BCUT2D eigenvalue weighted by Crippen LogP contribution is 2.34. The Morgan fingerprint density at radius 2 is 1.90 bits per heavy atom. The molecule has 3 rings (SSSR count). The molecule has 1 heterocycles. The van der Waals surface area contributed by atoms with Crippen molar-refractivity contribution >= 4 is 11.9 Å². The molecule has 0 radical (unpaired) electrons. The molecule has 2 aliphatic rings. The Hall–Kier alpha value is -2.04. The zero-order chi connectivity index (χ0) is 14.8. The highest BCUT2D eigenvalue weighted by atomic mass is 16.5. The van der Waals surface area contributed by atoms with Crippen LogP contribution in [0.3, 0.4) is 0 Å². The zero-order valence-electron chi connectivity index (χ0n) is 11.7. The first-order valence-electron chi connectivity index (χ1n) is 7.40. The van der Waals surface area contributed by atoms with Crippen molar-refractivity contribution in [2.75, 3.05) is 6.61 Å².